The van der Waals surface area contributed by atoms with Crippen molar-refractivity contribution in [3.05, 3.63) is 0 Å². The number of aliphatic hydroxyl groups is 1. The molecule has 1 saturated heterocycles. The van der Waals surface area contributed by atoms with Crippen LogP contribution in [0, 0.1) is 47.4 Å². The number of unbranched alkanes of at least 4 members (excludes halogenated alkanes) is 20. The van der Waals surface area contributed by atoms with Crippen LogP contribution in [0.25, 0.3) is 0 Å². The molecule has 3 heteroatoms. The van der Waals surface area contributed by atoms with Crippen LogP contribution in [-0.4, -0.2) is 31.2 Å². The van der Waals surface area contributed by atoms with E-state index in [0.29, 0.717) is 0 Å². The summed E-state index contributed by atoms with van der Waals surface area (Å²) < 4.78 is 11.3. The zero-order chi connectivity index (χ0) is 33.3. The highest BCUT2D eigenvalue weighted by atomic mass is 16.7. The van der Waals surface area contributed by atoms with E-state index in [1.165, 1.54) is 116 Å². The van der Waals surface area contributed by atoms with Gasteiger partial charge in [-0.2, -0.15) is 0 Å². The van der Waals surface area contributed by atoms with Gasteiger partial charge < -0.3 is 14.6 Å². The molecule has 1 N–H and O–H groups in total. The molecule has 0 radical (unpaired) electrons. The quantitative estimate of drug-likeness (QED) is 0.0833. The van der Waals surface area contributed by atoms with Crippen molar-refractivity contribution in [2.75, 3.05) is 19.8 Å². The van der Waals surface area contributed by atoms with Gasteiger partial charge in [-0.15, -0.1) is 47.4 Å². The van der Waals surface area contributed by atoms with E-state index in [0.717, 1.165) is 83.8 Å². The van der Waals surface area contributed by atoms with Gasteiger partial charge in [0.05, 0.1) is 6.61 Å². The topological polar surface area (TPSA) is 38.7 Å². The monoisotopic (exact) mass is 653 g/mol. The largest absolute Gasteiger partial charge is 0.396 e. The average Bonchev–Trinajstić information content (AvgIpc) is 3.08. The number of rotatable bonds is 24. The molecule has 0 aromatic carbocycles. The molecule has 0 bridgehead atoms. The molecule has 1 aliphatic heterocycles. The molecule has 47 heavy (non-hydrogen) atoms. The summed E-state index contributed by atoms with van der Waals surface area (Å²) in [6.45, 7) is 6.37. The lowest BCUT2D eigenvalue weighted by Gasteiger charge is -2.22. The molecule has 1 fully saturated rings. The van der Waals surface area contributed by atoms with Crippen molar-refractivity contribution in [2.24, 2.45) is 0 Å². The van der Waals surface area contributed by atoms with Crippen LogP contribution in [0.1, 0.15) is 207 Å². The summed E-state index contributed by atoms with van der Waals surface area (Å²) in [6, 6.07) is 0. The maximum absolute atomic E-state index is 8.60. The minimum atomic E-state index is 0. The summed E-state index contributed by atoms with van der Waals surface area (Å²) >= 11 is 0. The molecule has 0 saturated carbocycles. The molecule has 1 aliphatic rings. The standard InChI is InChI=1S/C24H40O2.C19H32O.CH4/c1-2-3-4-5-6-7-8-9-10-11-12-13-14-15-16-17-19-22-25-24-21-18-20-23-26-24;1-2-3-4-5-6-7-8-9-10-11-12-13-14-15-16-17-18-19-20;/h24H,2-5,8-14,17-23H2,1H3;20H,2-5,8-14,17-19H2,1H3;1H4. The first-order chi connectivity index (χ1) is 22.8. The van der Waals surface area contributed by atoms with E-state index >= 15 is 0 Å². The Labute approximate surface area is 294 Å². The zero-order valence-electron chi connectivity index (χ0n) is 30.5. The Balaban J connectivity index is 0. The smallest absolute Gasteiger partial charge is 0.157 e. The van der Waals surface area contributed by atoms with E-state index < -0.39 is 0 Å². The van der Waals surface area contributed by atoms with Gasteiger partial charge in [0, 0.05) is 64.6 Å². The lowest BCUT2D eigenvalue weighted by atomic mass is 10.1. The molecular weight excluding hydrogens is 576 g/mol. The van der Waals surface area contributed by atoms with E-state index in [1.54, 1.807) is 0 Å². The Morgan fingerprint density at radius 1 is 0.489 bits per heavy atom. The van der Waals surface area contributed by atoms with Crippen molar-refractivity contribution in [1.82, 2.24) is 0 Å². The Kier molecular flexibility index (Phi) is 44.3. The summed E-state index contributed by atoms with van der Waals surface area (Å²) in [5.74, 6) is 26.0. The molecular formula is C44H76O3. The van der Waals surface area contributed by atoms with Crippen molar-refractivity contribution >= 4 is 0 Å². The van der Waals surface area contributed by atoms with Crippen LogP contribution in [0.2, 0.25) is 0 Å². The summed E-state index contributed by atoms with van der Waals surface area (Å²) in [4.78, 5) is 0. The predicted octanol–water partition coefficient (Wildman–Crippen LogP) is 12.3. The van der Waals surface area contributed by atoms with Crippen molar-refractivity contribution in [1.29, 1.82) is 0 Å². The fraction of sp³-hybridized carbons (Fsp3) is 0.818. The van der Waals surface area contributed by atoms with Crippen LogP contribution in [0.15, 0.2) is 0 Å². The van der Waals surface area contributed by atoms with Gasteiger partial charge in [0.2, 0.25) is 0 Å². The Morgan fingerprint density at radius 2 is 0.851 bits per heavy atom. The second-order valence-corrected chi connectivity index (χ2v) is 12.5. The second kappa shape index (κ2) is 44.1. The first kappa shape index (κ1) is 47.2. The van der Waals surface area contributed by atoms with Crippen molar-refractivity contribution in [2.45, 2.75) is 214 Å². The Morgan fingerprint density at radius 3 is 1.21 bits per heavy atom. The van der Waals surface area contributed by atoms with E-state index in [4.69, 9.17) is 14.6 Å². The van der Waals surface area contributed by atoms with Crippen molar-refractivity contribution in [3.8, 4) is 47.4 Å². The lowest BCUT2D eigenvalue weighted by Crippen LogP contribution is -2.22. The molecule has 0 aromatic heterocycles. The highest BCUT2D eigenvalue weighted by Gasteiger charge is 2.13. The third kappa shape index (κ3) is 42.1. The third-order valence-corrected chi connectivity index (χ3v) is 7.87. The fourth-order valence-electron chi connectivity index (χ4n) is 4.93. The molecule has 0 aromatic rings. The number of hydrogen-bond donors (Lipinski definition) is 1. The molecule has 0 spiro atoms. The predicted molar refractivity (Wildman–Crippen MR) is 206 cm³/mol. The van der Waals surface area contributed by atoms with Crippen LogP contribution in [0.5, 0.6) is 0 Å². The van der Waals surface area contributed by atoms with Crippen molar-refractivity contribution in [3.63, 3.8) is 0 Å². The van der Waals surface area contributed by atoms with Gasteiger partial charge in [-0.25, -0.2) is 0 Å². The molecule has 0 aliphatic carbocycles. The summed E-state index contributed by atoms with van der Waals surface area (Å²) in [7, 11) is 0. The average molecular weight is 653 g/mol. The second-order valence-electron chi connectivity index (χ2n) is 12.5. The van der Waals surface area contributed by atoms with Gasteiger partial charge in [-0.1, -0.05) is 85.5 Å². The first-order valence-corrected chi connectivity index (χ1v) is 19.5. The maximum atomic E-state index is 8.60. The fourth-order valence-corrected chi connectivity index (χ4v) is 4.93. The van der Waals surface area contributed by atoms with Crippen LogP contribution < -0.4 is 0 Å². The third-order valence-electron chi connectivity index (χ3n) is 7.87. The SMILES string of the molecule is C.CCCCCC#CCCCCCCCC#CCCCO.CCCCCC#CCCCCCCCC#CCCCOC1CCCCO1. The normalized spacial score (nSPS) is 13.1. The summed E-state index contributed by atoms with van der Waals surface area (Å²) in [5, 5.41) is 8.60. The van der Waals surface area contributed by atoms with E-state index in [1.807, 2.05) is 0 Å². The van der Waals surface area contributed by atoms with E-state index in [-0.39, 0.29) is 20.3 Å². The Bertz CT molecular complexity index is 857. The van der Waals surface area contributed by atoms with Gasteiger partial charge in [0.25, 0.3) is 0 Å². The summed E-state index contributed by atoms with van der Waals surface area (Å²) in [5.41, 5.74) is 0. The molecule has 0 amide bonds. The van der Waals surface area contributed by atoms with E-state index in [2.05, 4.69) is 61.2 Å². The molecule has 1 heterocycles. The lowest BCUT2D eigenvalue weighted by molar-refractivity contribution is -0.162. The van der Waals surface area contributed by atoms with Gasteiger partial charge >= 0.3 is 0 Å². The highest BCUT2D eigenvalue weighted by Crippen LogP contribution is 2.14. The number of hydrogen-bond acceptors (Lipinski definition) is 3. The molecule has 1 rings (SSSR count). The van der Waals surface area contributed by atoms with E-state index in [9.17, 15) is 0 Å². The molecule has 1 atom stereocenters. The van der Waals surface area contributed by atoms with Crippen LogP contribution >= 0.6 is 0 Å². The number of aliphatic hydroxyl groups excluding tert-OH is 1. The minimum Gasteiger partial charge on any atom is -0.396 e. The maximum Gasteiger partial charge on any atom is 0.157 e. The van der Waals surface area contributed by atoms with Crippen LogP contribution in [0.4, 0.5) is 0 Å². The minimum absolute atomic E-state index is 0. The number of ether oxygens (including phenoxy) is 2. The van der Waals surface area contributed by atoms with Crippen LogP contribution in [-0.2, 0) is 9.47 Å². The molecule has 1 unspecified atom stereocenters. The molecule has 270 valence electrons. The van der Waals surface area contributed by atoms with Gasteiger partial charge in [0.1, 0.15) is 0 Å². The van der Waals surface area contributed by atoms with Gasteiger partial charge in [-0.3, -0.25) is 0 Å². The zero-order valence-corrected chi connectivity index (χ0v) is 30.5. The van der Waals surface area contributed by atoms with Gasteiger partial charge in [-0.05, 0) is 70.6 Å². The summed E-state index contributed by atoms with van der Waals surface area (Å²) in [6.07, 6.45) is 34.1. The van der Waals surface area contributed by atoms with Gasteiger partial charge in [0.15, 0.2) is 6.29 Å². The Hall–Kier alpha value is -1.88. The molecule has 3 nitrogen and oxygen atoms in total. The first-order valence-electron chi connectivity index (χ1n) is 19.5. The van der Waals surface area contributed by atoms with Crippen molar-refractivity contribution < 1.29 is 14.6 Å². The van der Waals surface area contributed by atoms with Crippen LogP contribution in [0.3, 0.4) is 0 Å². The highest BCUT2D eigenvalue weighted by molar-refractivity contribution is 5.00.